The highest BCUT2D eigenvalue weighted by molar-refractivity contribution is 7.80. The first-order chi connectivity index (χ1) is 8.81. The summed E-state index contributed by atoms with van der Waals surface area (Å²) in [6.45, 7) is 6.03. The summed E-state index contributed by atoms with van der Waals surface area (Å²) in [5.74, 6) is 0. The average Bonchev–Trinajstić information content (AvgIpc) is 2.80. The van der Waals surface area contributed by atoms with Gasteiger partial charge in [0.15, 0.2) is 5.11 Å². The van der Waals surface area contributed by atoms with Gasteiger partial charge in [-0.05, 0) is 29.7 Å². The van der Waals surface area contributed by atoms with Gasteiger partial charge in [0.2, 0.25) is 0 Å². The van der Waals surface area contributed by atoms with E-state index in [1.54, 1.807) is 6.08 Å². The van der Waals surface area contributed by atoms with E-state index in [0.717, 1.165) is 13.1 Å². The van der Waals surface area contributed by atoms with Gasteiger partial charge >= 0.3 is 0 Å². The molecule has 0 fully saturated rings. The fourth-order valence-corrected chi connectivity index (χ4v) is 2.04. The maximum atomic E-state index is 5.13. The second kappa shape index (κ2) is 6.21. The van der Waals surface area contributed by atoms with Crippen LogP contribution >= 0.6 is 12.2 Å². The van der Waals surface area contributed by atoms with Gasteiger partial charge < -0.3 is 15.2 Å². The Kier molecular flexibility index (Phi) is 4.36. The summed E-state index contributed by atoms with van der Waals surface area (Å²) in [5.41, 5.74) is 1.25. The zero-order valence-corrected chi connectivity index (χ0v) is 11.0. The van der Waals surface area contributed by atoms with E-state index in [1.165, 1.54) is 10.9 Å². The van der Waals surface area contributed by atoms with Crippen LogP contribution in [-0.4, -0.2) is 22.8 Å². The van der Waals surface area contributed by atoms with Crippen molar-refractivity contribution in [2.24, 2.45) is 0 Å². The van der Waals surface area contributed by atoms with Crippen molar-refractivity contribution in [2.75, 3.05) is 13.1 Å². The zero-order valence-electron chi connectivity index (χ0n) is 10.2. The van der Waals surface area contributed by atoms with Crippen LogP contribution in [0.4, 0.5) is 0 Å². The molecule has 0 saturated heterocycles. The Morgan fingerprint density at radius 2 is 2.11 bits per heavy atom. The normalized spacial score (nSPS) is 10.2. The SMILES string of the molecule is C=CCNC(=S)NCCn1ccc2ccccc21. The average molecular weight is 259 g/mol. The van der Waals surface area contributed by atoms with Gasteiger partial charge in [0.1, 0.15) is 0 Å². The lowest BCUT2D eigenvalue weighted by atomic mass is 10.2. The Morgan fingerprint density at radius 3 is 2.94 bits per heavy atom. The molecule has 18 heavy (non-hydrogen) atoms. The molecule has 2 N–H and O–H groups in total. The molecule has 2 rings (SSSR count). The van der Waals surface area contributed by atoms with Gasteiger partial charge in [0.05, 0.1) is 0 Å². The van der Waals surface area contributed by atoms with Crippen molar-refractivity contribution in [3.05, 3.63) is 49.2 Å². The summed E-state index contributed by atoms with van der Waals surface area (Å²) >= 11 is 5.13. The molecule has 3 nitrogen and oxygen atoms in total. The van der Waals surface area contributed by atoms with Gasteiger partial charge in [-0.1, -0.05) is 24.3 Å². The van der Waals surface area contributed by atoms with Gasteiger partial charge in [0.25, 0.3) is 0 Å². The van der Waals surface area contributed by atoms with Crippen LogP contribution in [0.5, 0.6) is 0 Å². The molecule has 0 spiro atoms. The Balaban J connectivity index is 1.87. The van der Waals surface area contributed by atoms with E-state index in [0.29, 0.717) is 11.7 Å². The number of hydrogen-bond acceptors (Lipinski definition) is 1. The van der Waals surface area contributed by atoms with Crippen molar-refractivity contribution in [1.29, 1.82) is 0 Å². The van der Waals surface area contributed by atoms with Crippen molar-refractivity contribution in [3.8, 4) is 0 Å². The largest absolute Gasteiger partial charge is 0.361 e. The Hall–Kier alpha value is -1.81. The third-order valence-corrected chi connectivity index (χ3v) is 3.01. The second-order valence-corrected chi connectivity index (χ2v) is 4.40. The molecule has 0 aliphatic carbocycles. The summed E-state index contributed by atoms with van der Waals surface area (Å²) in [4.78, 5) is 0. The number of thiocarbonyl (C=S) groups is 1. The number of para-hydroxylation sites is 1. The van der Waals surface area contributed by atoms with Crippen LogP contribution in [0.3, 0.4) is 0 Å². The van der Waals surface area contributed by atoms with Crippen molar-refractivity contribution < 1.29 is 0 Å². The minimum atomic E-state index is 0.673. The minimum Gasteiger partial charge on any atom is -0.361 e. The van der Waals surface area contributed by atoms with Crippen LogP contribution in [-0.2, 0) is 6.54 Å². The van der Waals surface area contributed by atoms with E-state index >= 15 is 0 Å². The van der Waals surface area contributed by atoms with E-state index < -0.39 is 0 Å². The van der Waals surface area contributed by atoms with Crippen molar-refractivity contribution >= 4 is 28.2 Å². The van der Waals surface area contributed by atoms with Crippen LogP contribution < -0.4 is 10.6 Å². The molecule has 2 aromatic rings. The zero-order chi connectivity index (χ0) is 12.8. The lowest BCUT2D eigenvalue weighted by Gasteiger charge is -2.10. The molecule has 0 radical (unpaired) electrons. The highest BCUT2D eigenvalue weighted by Gasteiger charge is 1.99. The van der Waals surface area contributed by atoms with Gasteiger partial charge in [-0.2, -0.15) is 0 Å². The fourth-order valence-electron chi connectivity index (χ4n) is 1.85. The predicted octanol–water partition coefficient (Wildman–Crippen LogP) is 2.29. The molecule has 0 atom stereocenters. The third-order valence-electron chi connectivity index (χ3n) is 2.73. The molecule has 0 aliphatic heterocycles. The number of aromatic nitrogens is 1. The first-order valence-corrected chi connectivity index (χ1v) is 6.38. The van der Waals surface area contributed by atoms with Crippen LogP contribution in [0, 0.1) is 0 Å². The minimum absolute atomic E-state index is 0.673. The van der Waals surface area contributed by atoms with E-state index in [4.69, 9.17) is 12.2 Å². The maximum absolute atomic E-state index is 5.13. The van der Waals surface area contributed by atoms with Crippen molar-refractivity contribution in [3.63, 3.8) is 0 Å². The van der Waals surface area contributed by atoms with E-state index in [9.17, 15) is 0 Å². The van der Waals surface area contributed by atoms with Gasteiger partial charge in [0, 0.05) is 31.3 Å². The first kappa shape index (κ1) is 12.6. The molecule has 0 aliphatic rings. The highest BCUT2D eigenvalue weighted by Crippen LogP contribution is 2.14. The van der Waals surface area contributed by atoms with Crippen molar-refractivity contribution in [2.45, 2.75) is 6.54 Å². The summed E-state index contributed by atoms with van der Waals surface area (Å²) in [6.07, 6.45) is 3.89. The first-order valence-electron chi connectivity index (χ1n) is 5.98. The van der Waals surface area contributed by atoms with E-state index in [2.05, 4.69) is 58.3 Å². The molecule has 4 heteroatoms. The number of benzene rings is 1. The third kappa shape index (κ3) is 3.11. The summed E-state index contributed by atoms with van der Waals surface area (Å²) in [7, 11) is 0. The molecular weight excluding hydrogens is 242 g/mol. The molecule has 0 bridgehead atoms. The van der Waals surface area contributed by atoms with E-state index in [-0.39, 0.29) is 0 Å². The topological polar surface area (TPSA) is 29.0 Å². The monoisotopic (exact) mass is 259 g/mol. The van der Waals surface area contributed by atoms with Gasteiger partial charge in [-0.25, -0.2) is 0 Å². The number of nitrogens with one attached hydrogen (secondary N) is 2. The number of rotatable bonds is 5. The highest BCUT2D eigenvalue weighted by atomic mass is 32.1. The maximum Gasteiger partial charge on any atom is 0.166 e. The predicted molar refractivity (Wildman–Crippen MR) is 80.7 cm³/mol. The molecule has 0 amide bonds. The molecule has 1 heterocycles. The second-order valence-electron chi connectivity index (χ2n) is 3.99. The lowest BCUT2D eigenvalue weighted by molar-refractivity contribution is 0.691. The smallest absolute Gasteiger partial charge is 0.166 e. The Morgan fingerprint density at radius 1 is 1.28 bits per heavy atom. The molecule has 1 aromatic carbocycles. The quantitative estimate of drug-likeness (QED) is 0.637. The fraction of sp³-hybridized carbons (Fsp3) is 0.214. The summed E-state index contributed by atoms with van der Waals surface area (Å²) in [5, 5.41) is 8.16. The summed E-state index contributed by atoms with van der Waals surface area (Å²) < 4.78 is 2.22. The van der Waals surface area contributed by atoms with Crippen molar-refractivity contribution in [1.82, 2.24) is 15.2 Å². The molecule has 0 unspecified atom stereocenters. The summed E-state index contributed by atoms with van der Waals surface area (Å²) in [6, 6.07) is 10.5. The van der Waals surface area contributed by atoms with Crippen LogP contribution in [0.1, 0.15) is 0 Å². The Bertz CT molecular complexity index is 545. The van der Waals surface area contributed by atoms with Gasteiger partial charge in [-0.15, -0.1) is 6.58 Å². The number of nitrogens with zero attached hydrogens (tertiary/aromatic N) is 1. The molecular formula is C14H17N3S. The molecule has 94 valence electrons. The van der Waals surface area contributed by atoms with Crippen LogP contribution in [0.15, 0.2) is 49.2 Å². The van der Waals surface area contributed by atoms with Gasteiger partial charge in [-0.3, -0.25) is 0 Å². The Labute approximate surface area is 112 Å². The van der Waals surface area contributed by atoms with E-state index in [1.807, 2.05) is 0 Å². The standard InChI is InChI=1S/C14H17N3S/c1-2-8-15-14(18)16-9-11-17-10-7-12-5-3-4-6-13(12)17/h2-7,10H,1,8-9,11H2,(H2,15,16,18). The van der Waals surface area contributed by atoms with Crippen LogP contribution in [0.2, 0.25) is 0 Å². The molecule has 0 saturated carbocycles. The number of hydrogen-bond donors (Lipinski definition) is 2. The van der Waals surface area contributed by atoms with Crippen LogP contribution in [0.25, 0.3) is 10.9 Å². The number of fused-ring (bicyclic) bond motifs is 1. The lowest BCUT2D eigenvalue weighted by Crippen LogP contribution is -2.36. The molecule has 1 aromatic heterocycles.